The molecule has 0 aliphatic rings. The van der Waals surface area contributed by atoms with Crippen LogP contribution < -0.4 is 14.9 Å². The molecule has 0 atom stereocenters. The van der Waals surface area contributed by atoms with E-state index in [9.17, 15) is 9.59 Å². The molecular formula is C11H12O4. The lowest BCUT2D eigenvalue weighted by molar-refractivity contribution is 0.112. The zero-order valence-corrected chi connectivity index (χ0v) is 8.87. The first-order chi connectivity index (χ1) is 7.13. The number of aryl methyl sites for hydroxylation is 1. The summed E-state index contributed by atoms with van der Waals surface area (Å²) >= 11 is 0. The van der Waals surface area contributed by atoms with Gasteiger partial charge in [0.25, 0.3) is 0 Å². The highest BCUT2D eigenvalue weighted by Crippen LogP contribution is 2.21. The Morgan fingerprint density at radius 1 is 1.20 bits per heavy atom. The minimum atomic E-state index is -0.276. The summed E-state index contributed by atoms with van der Waals surface area (Å²) in [6.45, 7) is 1.70. The molecule has 0 heterocycles. The molecule has 0 saturated carbocycles. The first kappa shape index (κ1) is 11.2. The molecule has 0 aliphatic heterocycles. The molecule has 0 amide bonds. The van der Waals surface area contributed by atoms with Crippen LogP contribution in [0.4, 0.5) is 0 Å². The molecular weight excluding hydrogens is 196 g/mol. The zero-order valence-electron chi connectivity index (χ0n) is 8.87. The number of ether oxygens (including phenoxy) is 2. The molecule has 0 saturated heterocycles. The SMILES string of the molecule is COc1c(C)cc(=O)c(OC)cc1C=O. The third kappa shape index (κ3) is 2.15. The smallest absolute Gasteiger partial charge is 0.220 e. The highest BCUT2D eigenvalue weighted by molar-refractivity contribution is 5.80. The van der Waals surface area contributed by atoms with Crippen LogP contribution in [0.5, 0.6) is 11.5 Å². The number of carbonyl (C=O) groups excluding carboxylic acids is 1. The van der Waals surface area contributed by atoms with Gasteiger partial charge in [-0.05, 0) is 24.6 Å². The Hall–Kier alpha value is -1.84. The number of rotatable bonds is 3. The van der Waals surface area contributed by atoms with Gasteiger partial charge >= 0.3 is 0 Å². The highest BCUT2D eigenvalue weighted by Gasteiger charge is 2.08. The van der Waals surface area contributed by atoms with Gasteiger partial charge in [0.15, 0.2) is 12.0 Å². The summed E-state index contributed by atoms with van der Waals surface area (Å²) in [5.74, 6) is 0.522. The molecule has 80 valence electrons. The van der Waals surface area contributed by atoms with Gasteiger partial charge in [-0.25, -0.2) is 0 Å². The number of hydrogen-bond donors (Lipinski definition) is 0. The van der Waals surface area contributed by atoms with E-state index in [1.54, 1.807) is 6.92 Å². The molecule has 0 aliphatic carbocycles. The monoisotopic (exact) mass is 208 g/mol. The maximum atomic E-state index is 11.5. The van der Waals surface area contributed by atoms with Crippen molar-refractivity contribution in [3.05, 3.63) is 33.5 Å². The van der Waals surface area contributed by atoms with E-state index >= 15 is 0 Å². The van der Waals surface area contributed by atoms with Crippen LogP contribution in [-0.4, -0.2) is 20.5 Å². The van der Waals surface area contributed by atoms with E-state index in [4.69, 9.17) is 9.47 Å². The summed E-state index contributed by atoms with van der Waals surface area (Å²) in [6, 6.07) is 2.76. The maximum absolute atomic E-state index is 11.5. The normalized spacial score (nSPS) is 9.53. The highest BCUT2D eigenvalue weighted by atomic mass is 16.5. The molecule has 0 unspecified atom stereocenters. The van der Waals surface area contributed by atoms with Crippen LogP contribution in [0, 0.1) is 6.92 Å². The summed E-state index contributed by atoms with van der Waals surface area (Å²) in [5.41, 5.74) is 0.628. The fourth-order valence-corrected chi connectivity index (χ4v) is 1.36. The fourth-order valence-electron chi connectivity index (χ4n) is 1.36. The molecule has 4 nitrogen and oxygen atoms in total. The second-order valence-electron chi connectivity index (χ2n) is 3.01. The third-order valence-electron chi connectivity index (χ3n) is 2.05. The van der Waals surface area contributed by atoms with Gasteiger partial charge in [-0.15, -0.1) is 0 Å². The summed E-state index contributed by atoms with van der Waals surface area (Å²) in [5, 5.41) is 0. The minimum absolute atomic E-state index is 0.128. The van der Waals surface area contributed by atoms with E-state index in [0.29, 0.717) is 23.2 Å². The molecule has 1 rings (SSSR count). The molecule has 0 spiro atoms. The van der Waals surface area contributed by atoms with Crippen molar-refractivity contribution in [2.45, 2.75) is 6.92 Å². The van der Waals surface area contributed by atoms with Gasteiger partial charge in [0, 0.05) is 0 Å². The van der Waals surface area contributed by atoms with Crippen molar-refractivity contribution in [3.63, 3.8) is 0 Å². The maximum Gasteiger partial charge on any atom is 0.220 e. The average Bonchev–Trinajstić information content (AvgIpc) is 2.34. The van der Waals surface area contributed by atoms with Crippen molar-refractivity contribution in [1.82, 2.24) is 0 Å². The van der Waals surface area contributed by atoms with Gasteiger partial charge in [0.1, 0.15) is 5.75 Å². The van der Waals surface area contributed by atoms with Crippen molar-refractivity contribution in [2.75, 3.05) is 14.2 Å². The van der Waals surface area contributed by atoms with E-state index < -0.39 is 0 Å². The van der Waals surface area contributed by atoms with Crippen LogP contribution in [-0.2, 0) is 0 Å². The summed E-state index contributed by atoms with van der Waals surface area (Å²) in [4.78, 5) is 22.3. The summed E-state index contributed by atoms with van der Waals surface area (Å²) in [7, 11) is 2.83. The Labute approximate surface area is 87.5 Å². The van der Waals surface area contributed by atoms with Crippen LogP contribution >= 0.6 is 0 Å². The average molecular weight is 208 g/mol. The lowest BCUT2D eigenvalue weighted by Gasteiger charge is -2.01. The van der Waals surface area contributed by atoms with Crippen LogP contribution in [0.2, 0.25) is 0 Å². The Morgan fingerprint density at radius 2 is 1.87 bits per heavy atom. The van der Waals surface area contributed by atoms with E-state index in [1.165, 1.54) is 26.4 Å². The first-order valence-electron chi connectivity index (χ1n) is 4.36. The lowest BCUT2D eigenvalue weighted by Crippen LogP contribution is -2.00. The number of carbonyl (C=O) groups is 1. The fraction of sp³-hybridized carbons (Fsp3) is 0.273. The quantitative estimate of drug-likeness (QED) is 0.700. The van der Waals surface area contributed by atoms with Gasteiger partial charge in [0.2, 0.25) is 5.43 Å². The van der Waals surface area contributed by atoms with E-state index in [2.05, 4.69) is 0 Å². The minimum Gasteiger partial charge on any atom is -0.496 e. The molecule has 0 N–H and O–H groups in total. The van der Waals surface area contributed by atoms with Crippen molar-refractivity contribution >= 4 is 6.29 Å². The third-order valence-corrected chi connectivity index (χ3v) is 2.05. The Morgan fingerprint density at radius 3 is 2.33 bits per heavy atom. The van der Waals surface area contributed by atoms with Crippen molar-refractivity contribution in [3.8, 4) is 11.5 Å². The Bertz CT molecular complexity index is 437. The van der Waals surface area contributed by atoms with Gasteiger partial charge in [0.05, 0.1) is 19.8 Å². The predicted molar refractivity (Wildman–Crippen MR) is 55.9 cm³/mol. The molecule has 1 aromatic rings. The predicted octanol–water partition coefficient (Wildman–Crippen LogP) is 1.18. The molecule has 0 bridgehead atoms. The standard InChI is InChI=1S/C11H12O4/c1-7-4-9(13)10(14-2)5-8(6-12)11(7)15-3/h4-6H,1-3H3. The van der Waals surface area contributed by atoms with Crippen molar-refractivity contribution in [1.29, 1.82) is 0 Å². The van der Waals surface area contributed by atoms with Crippen molar-refractivity contribution < 1.29 is 14.3 Å². The Kier molecular flexibility index (Phi) is 3.44. The largest absolute Gasteiger partial charge is 0.496 e. The molecule has 1 aromatic carbocycles. The zero-order chi connectivity index (χ0) is 11.4. The van der Waals surface area contributed by atoms with Crippen LogP contribution in [0.15, 0.2) is 16.9 Å². The van der Waals surface area contributed by atoms with E-state index in [0.717, 1.165) is 0 Å². The molecule has 0 aromatic heterocycles. The van der Waals surface area contributed by atoms with Crippen LogP contribution in [0.1, 0.15) is 15.9 Å². The first-order valence-corrected chi connectivity index (χ1v) is 4.36. The van der Waals surface area contributed by atoms with E-state index in [-0.39, 0.29) is 11.2 Å². The Balaban J connectivity index is 3.65. The molecule has 0 radical (unpaired) electrons. The van der Waals surface area contributed by atoms with Crippen LogP contribution in [0.3, 0.4) is 0 Å². The van der Waals surface area contributed by atoms with Gasteiger partial charge < -0.3 is 9.47 Å². The second kappa shape index (κ2) is 4.59. The molecule has 0 fully saturated rings. The summed E-state index contributed by atoms with van der Waals surface area (Å²) < 4.78 is 9.93. The second-order valence-corrected chi connectivity index (χ2v) is 3.01. The lowest BCUT2D eigenvalue weighted by atomic mass is 10.2. The molecule has 4 heteroatoms. The van der Waals surface area contributed by atoms with E-state index in [1.807, 2.05) is 0 Å². The number of hydrogen-bond acceptors (Lipinski definition) is 4. The summed E-state index contributed by atoms with van der Waals surface area (Å²) in [6.07, 6.45) is 0.633. The topological polar surface area (TPSA) is 52.6 Å². The number of aldehydes is 1. The van der Waals surface area contributed by atoms with Gasteiger partial charge in [-0.3, -0.25) is 9.59 Å². The van der Waals surface area contributed by atoms with Gasteiger partial charge in [-0.1, -0.05) is 0 Å². The number of methoxy groups -OCH3 is 2. The van der Waals surface area contributed by atoms with Gasteiger partial charge in [-0.2, -0.15) is 0 Å². The van der Waals surface area contributed by atoms with Crippen molar-refractivity contribution in [2.24, 2.45) is 0 Å². The molecule has 15 heavy (non-hydrogen) atoms. The van der Waals surface area contributed by atoms with Crippen LogP contribution in [0.25, 0.3) is 0 Å².